The van der Waals surface area contributed by atoms with E-state index >= 15 is 0 Å². The Labute approximate surface area is 198 Å². The van der Waals surface area contributed by atoms with Crippen LogP contribution in [0.3, 0.4) is 0 Å². The van der Waals surface area contributed by atoms with Gasteiger partial charge in [-0.3, -0.25) is 9.78 Å². The fourth-order valence-corrected chi connectivity index (χ4v) is 3.85. The third-order valence-electron chi connectivity index (χ3n) is 5.84. The van der Waals surface area contributed by atoms with Crippen LogP contribution >= 0.6 is 0 Å². The van der Waals surface area contributed by atoms with Gasteiger partial charge in [-0.15, -0.1) is 0 Å². The van der Waals surface area contributed by atoms with E-state index in [9.17, 15) is 4.79 Å². The van der Waals surface area contributed by atoms with Gasteiger partial charge in [0.1, 0.15) is 30.4 Å². The number of oxime groups is 1. The molecule has 0 radical (unpaired) electrons. The average Bonchev–Trinajstić information content (AvgIpc) is 3.23. The number of nitrogens with two attached hydrogens (primary N) is 1. The molecule has 1 aliphatic heterocycles. The molecule has 0 aliphatic carbocycles. The zero-order valence-corrected chi connectivity index (χ0v) is 19.7. The number of rotatable bonds is 7. The zero-order valence-electron chi connectivity index (χ0n) is 19.7. The first-order valence-corrected chi connectivity index (χ1v) is 11.1. The molecule has 0 spiro atoms. The molecular formula is C26H28N4O4. The summed E-state index contributed by atoms with van der Waals surface area (Å²) in [5.41, 5.74) is 12.5. The van der Waals surface area contributed by atoms with E-state index in [-0.39, 0.29) is 12.5 Å². The van der Waals surface area contributed by atoms with E-state index in [1.165, 1.54) is 6.20 Å². The molecule has 1 unspecified atom stereocenters. The maximum atomic E-state index is 12.4. The molecule has 1 amide bonds. The molecule has 1 aromatic heterocycles. The molecule has 3 aromatic rings. The van der Waals surface area contributed by atoms with Crippen molar-refractivity contribution in [2.45, 2.75) is 33.8 Å². The van der Waals surface area contributed by atoms with Gasteiger partial charge in [-0.1, -0.05) is 11.2 Å². The van der Waals surface area contributed by atoms with Crippen molar-refractivity contribution in [2.75, 3.05) is 24.3 Å². The standard InChI is InChI=1S/C26H28N4O4/c1-5-33-30-24-21(34-25-16(3)15(2)23(27)17(4)22(24)25)14-32-20-10-6-9-19(12-20)29-26(31)18-8-7-11-28-13-18/h6-13,21H,5,14,27H2,1-4H3,(H,29,31)/b30-24+. The lowest BCUT2D eigenvalue weighted by atomic mass is 9.94. The van der Waals surface area contributed by atoms with Crippen molar-refractivity contribution in [1.29, 1.82) is 0 Å². The Bertz CT molecular complexity index is 1240. The highest BCUT2D eigenvalue weighted by molar-refractivity contribution is 6.11. The molecule has 176 valence electrons. The summed E-state index contributed by atoms with van der Waals surface area (Å²) >= 11 is 0. The van der Waals surface area contributed by atoms with Crippen LogP contribution in [0.1, 0.15) is 39.5 Å². The lowest BCUT2D eigenvalue weighted by molar-refractivity contribution is 0.102. The smallest absolute Gasteiger partial charge is 0.257 e. The second-order valence-electron chi connectivity index (χ2n) is 8.03. The Kier molecular flexibility index (Phi) is 6.67. The van der Waals surface area contributed by atoms with Gasteiger partial charge in [-0.25, -0.2) is 0 Å². The summed E-state index contributed by atoms with van der Waals surface area (Å²) in [6.45, 7) is 8.45. The summed E-state index contributed by atoms with van der Waals surface area (Å²) in [5.74, 6) is 1.10. The number of hydrogen-bond donors (Lipinski definition) is 2. The molecule has 0 saturated heterocycles. The molecule has 8 heteroatoms. The number of ether oxygens (including phenoxy) is 2. The van der Waals surface area contributed by atoms with Crippen molar-refractivity contribution < 1.29 is 19.1 Å². The summed E-state index contributed by atoms with van der Waals surface area (Å²) in [4.78, 5) is 21.8. The lowest BCUT2D eigenvalue weighted by Gasteiger charge is -2.15. The van der Waals surface area contributed by atoms with Gasteiger partial charge in [0.25, 0.3) is 5.91 Å². The SMILES string of the molecule is CCO/N=C1/c2c(C)c(N)c(C)c(C)c2OC1COc1cccc(NC(=O)c2cccnc2)c1. The van der Waals surface area contributed by atoms with Crippen LogP contribution in [0.2, 0.25) is 0 Å². The minimum Gasteiger partial charge on any atom is -0.489 e. The summed E-state index contributed by atoms with van der Waals surface area (Å²) < 4.78 is 12.3. The van der Waals surface area contributed by atoms with Gasteiger partial charge < -0.3 is 25.4 Å². The number of fused-ring (bicyclic) bond motifs is 1. The van der Waals surface area contributed by atoms with Gasteiger partial charge in [0.2, 0.25) is 0 Å². The van der Waals surface area contributed by atoms with E-state index in [1.807, 2.05) is 39.8 Å². The fourth-order valence-electron chi connectivity index (χ4n) is 3.85. The molecule has 34 heavy (non-hydrogen) atoms. The zero-order chi connectivity index (χ0) is 24.2. The Morgan fingerprint density at radius 3 is 2.74 bits per heavy atom. The van der Waals surface area contributed by atoms with E-state index in [4.69, 9.17) is 20.0 Å². The first-order valence-electron chi connectivity index (χ1n) is 11.1. The van der Waals surface area contributed by atoms with E-state index in [1.54, 1.807) is 30.5 Å². The van der Waals surface area contributed by atoms with Crippen molar-refractivity contribution in [3.05, 3.63) is 76.6 Å². The van der Waals surface area contributed by atoms with E-state index in [0.29, 0.717) is 29.3 Å². The fraction of sp³-hybridized carbons (Fsp3) is 0.269. The highest BCUT2D eigenvalue weighted by Gasteiger charge is 2.36. The summed E-state index contributed by atoms with van der Waals surface area (Å²) in [5, 5.41) is 7.19. The second-order valence-corrected chi connectivity index (χ2v) is 8.03. The highest BCUT2D eigenvalue weighted by atomic mass is 16.6. The number of nitrogens with zero attached hydrogens (tertiary/aromatic N) is 2. The monoisotopic (exact) mass is 460 g/mol. The van der Waals surface area contributed by atoms with Crippen molar-refractivity contribution in [2.24, 2.45) is 5.16 Å². The molecule has 1 aliphatic rings. The van der Waals surface area contributed by atoms with Crippen molar-refractivity contribution in [3.8, 4) is 11.5 Å². The van der Waals surface area contributed by atoms with Gasteiger partial charge >= 0.3 is 0 Å². The predicted molar refractivity (Wildman–Crippen MR) is 132 cm³/mol. The van der Waals surface area contributed by atoms with E-state index < -0.39 is 6.10 Å². The molecule has 0 bridgehead atoms. The Hall–Kier alpha value is -4.07. The molecule has 3 N–H and O–H groups in total. The number of nitrogen functional groups attached to an aromatic ring is 1. The van der Waals surface area contributed by atoms with Crippen molar-refractivity contribution in [1.82, 2.24) is 4.98 Å². The van der Waals surface area contributed by atoms with Crippen LogP contribution in [-0.2, 0) is 4.84 Å². The number of anilines is 2. The van der Waals surface area contributed by atoms with E-state index in [0.717, 1.165) is 33.7 Å². The number of nitrogens with one attached hydrogen (secondary N) is 1. The van der Waals surface area contributed by atoms with Gasteiger partial charge in [-0.2, -0.15) is 0 Å². The van der Waals surface area contributed by atoms with Crippen molar-refractivity contribution >= 4 is 23.0 Å². The molecule has 0 saturated carbocycles. The summed E-state index contributed by atoms with van der Waals surface area (Å²) in [7, 11) is 0. The van der Waals surface area contributed by atoms with Gasteiger partial charge in [0.15, 0.2) is 6.10 Å². The summed E-state index contributed by atoms with van der Waals surface area (Å²) in [6, 6.07) is 10.6. The number of hydrogen-bond acceptors (Lipinski definition) is 7. The number of amides is 1. The van der Waals surface area contributed by atoms with Gasteiger partial charge in [0.05, 0.1) is 11.1 Å². The van der Waals surface area contributed by atoms with Crippen LogP contribution in [0.5, 0.6) is 11.5 Å². The van der Waals surface area contributed by atoms with Gasteiger partial charge in [-0.05, 0) is 68.7 Å². The molecule has 4 rings (SSSR count). The molecule has 2 aromatic carbocycles. The third-order valence-corrected chi connectivity index (χ3v) is 5.84. The van der Waals surface area contributed by atoms with Crippen LogP contribution in [0, 0.1) is 20.8 Å². The third kappa shape index (κ3) is 4.52. The molecule has 8 nitrogen and oxygen atoms in total. The number of aromatic nitrogens is 1. The Morgan fingerprint density at radius 1 is 1.18 bits per heavy atom. The van der Waals surface area contributed by atoms with E-state index in [2.05, 4.69) is 15.5 Å². The van der Waals surface area contributed by atoms with Crippen LogP contribution in [-0.4, -0.2) is 35.9 Å². The number of carbonyl (C=O) groups excluding carboxylic acids is 1. The maximum Gasteiger partial charge on any atom is 0.257 e. The van der Waals surface area contributed by atoms with Crippen molar-refractivity contribution in [3.63, 3.8) is 0 Å². The average molecular weight is 461 g/mol. The number of carbonyl (C=O) groups is 1. The topological polar surface area (TPSA) is 108 Å². The Morgan fingerprint density at radius 2 is 2.00 bits per heavy atom. The first-order chi connectivity index (χ1) is 16.4. The largest absolute Gasteiger partial charge is 0.489 e. The summed E-state index contributed by atoms with van der Waals surface area (Å²) in [6.07, 6.45) is 2.67. The molecular weight excluding hydrogens is 432 g/mol. The lowest BCUT2D eigenvalue weighted by Crippen LogP contribution is -2.29. The quantitative estimate of drug-likeness (QED) is 0.399. The van der Waals surface area contributed by atoms with Crippen LogP contribution in [0.4, 0.5) is 11.4 Å². The highest BCUT2D eigenvalue weighted by Crippen LogP contribution is 2.40. The predicted octanol–water partition coefficient (Wildman–Crippen LogP) is 4.42. The maximum absolute atomic E-state index is 12.4. The molecule has 2 heterocycles. The first kappa shape index (κ1) is 23.1. The van der Waals surface area contributed by atoms with Crippen LogP contribution in [0.25, 0.3) is 0 Å². The van der Waals surface area contributed by atoms with Crippen LogP contribution in [0.15, 0.2) is 53.9 Å². The van der Waals surface area contributed by atoms with Gasteiger partial charge in [0, 0.05) is 29.8 Å². The number of pyridine rings is 1. The molecule has 0 fully saturated rings. The Balaban J connectivity index is 1.52. The minimum absolute atomic E-state index is 0.207. The second kappa shape index (κ2) is 9.82. The number of benzene rings is 2. The minimum atomic E-state index is -0.464. The molecule has 1 atom stereocenters. The van der Waals surface area contributed by atoms with Crippen LogP contribution < -0.4 is 20.5 Å². The normalized spacial score (nSPS) is 15.5.